The van der Waals surface area contributed by atoms with Crippen molar-refractivity contribution in [1.29, 1.82) is 0 Å². The van der Waals surface area contributed by atoms with E-state index in [-0.39, 0.29) is 5.60 Å². The summed E-state index contributed by atoms with van der Waals surface area (Å²) in [5, 5.41) is 0. The Morgan fingerprint density at radius 1 is 1.18 bits per heavy atom. The van der Waals surface area contributed by atoms with E-state index in [0.717, 1.165) is 39.1 Å². The molecule has 0 spiro atoms. The van der Waals surface area contributed by atoms with Gasteiger partial charge >= 0.3 is 0 Å². The molecule has 1 fully saturated rings. The Labute approximate surface area is 110 Å². The van der Waals surface area contributed by atoms with Crippen LogP contribution in [0.4, 0.5) is 0 Å². The highest BCUT2D eigenvalue weighted by molar-refractivity contribution is 6.17. The normalized spacial score (nSPS) is 19.8. The summed E-state index contributed by atoms with van der Waals surface area (Å²) in [6.07, 6.45) is 2.65. The summed E-state index contributed by atoms with van der Waals surface area (Å²) in [5.41, 5.74) is -0.0260. The molecule has 1 rings (SSSR count). The summed E-state index contributed by atoms with van der Waals surface area (Å²) >= 11 is 5.61. The third-order valence-corrected chi connectivity index (χ3v) is 3.06. The summed E-state index contributed by atoms with van der Waals surface area (Å²) in [6, 6.07) is 0. The van der Waals surface area contributed by atoms with Crippen LogP contribution >= 0.6 is 11.6 Å². The Balaban J connectivity index is 2.07. The smallest absolute Gasteiger partial charge is 0.0605 e. The van der Waals surface area contributed by atoms with Gasteiger partial charge in [0.15, 0.2) is 0 Å². The molecule has 4 heteroatoms. The number of ether oxygens (including phenoxy) is 2. The Kier molecular flexibility index (Phi) is 6.78. The first-order valence-electron chi connectivity index (χ1n) is 6.55. The molecule has 17 heavy (non-hydrogen) atoms. The van der Waals surface area contributed by atoms with E-state index in [1.165, 1.54) is 0 Å². The van der Waals surface area contributed by atoms with Gasteiger partial charge in [-0.2, -0.15) is 0 Å². The highest BCUT2D eigenvalue weighted by atomic mass is 35.5. The van der Waals surface area contributed by atoms with Crippen molar-refractivity contribution < 1.29 is 9.47 Å². The van der Waals surface area contributed by atoms with Gasteiger partial charge in [0.05, 0.1) is 24.9 Å². The van der Waals surface area contributed by atoms with E-state index in [4.69, 9.17) is 21.1 Å². The average Bonchev–Trinajstić information content (AvgIpc) is 2.26. The van der Waals surface area contributed by atoms with Gasteiger partial charge in [-0.15, -0.1) is 11.6 Å². The van der Waals surface area contributed by atoms with Crippen molar-refractivity contribution in [2.24, 2.45) is 0 Å². The quantitative estimate of drug-likeness (QED) is 0.688. The number of piperidine rings is 1. The van der Waals surface area contributed by atoms with Crippen LogP contribution in [0.5, 0.6) is 0 Å². The lowest BCUT2D eigenvalue weighted by Crippen LogP contribution is -2.39. The van der Waals surface area contributed by atoms with E-state index in [9.17, 15) is 0 Å². The first-order chi connectivity index (χ1) is 8.01. The van der Waals surface area contributed by atoms with Crippen LogP contribution in [0.2, 0.25) is 0 Å². The fourth-order valence-electron chi connectivity index (χ4n) is 1.99. The minimum atomic E-state index is -0.0260. The molecular formula is C13H26ClNO2. The molecule has 0 bridgehead atoms. The topological polar surface area (TPSA) is 21.7 Å². The number of halogens is 1. The van der Waals surface area contributed by atoms with Gasteiger partial charge in [0.25, 0.3) is 0 Å². The summed E-state index contributed by atoms with van der Waals surface area (Å²) in [7, 11) is 0. The first-order valence-corrected chi connectivity index (χ1v) is 7.08. The molecule has 0 unspecified atom stereocenters. The van der Waals surface area contributed by atoms with Crippen LogP contribution in [-0.4, -0.2) is 55.3 Å². The molecule has 0 aromatic rings. The Morgan fingerprint density at radius 2 is 1.82 bits per heavy atom. The molecule has 102 valence electrons. The third-order valence-electron chi connectivity index (χ3n) is 2.91. The maximum Gasteiger partial charge on any atom is 0.0605 e. The lowest BCUT2D eigenvalue weighted by Gasteiger charge is -2.32. The zero-order valence-electron chi connectivity index (χ0n) is 11.4. The lowest BCUT2D eigenvalue weighted by atomic mass is 10.1. The van der Waals surface area contributed by atoms with Crippen LogP contribution in [0.3, 0.4) is 0 Å². The molecular weight excluding hydrogens is 238 g/mol. The predicted molar refractivity (Wildman–Crippen MR) is 71.8 cm³/mol. The number of hydrogen-bond donors (Lipinski definition) is 0. The minimum Gasteiger partial charge on any atom is -0.377 e. The van der Waals surface area contributed by atoms with Gasteiger partial charge in [0, 0.05) is 25.5 Å². The SMILES string of the molecule is CC(C)(C)OCCN1CCC(OCCCl)CC1. The molecule has 0 atom stereocenters. The standard InChI is InChI=1S/C13H26ClNO2/c1-13(2,3)17-11-9-15-7-4-12(5-8-15)16-10-6-14/h12H,4-11H2,1-3H3. The van der Waals surface area contributed by atoms with Gasteiger partial charge in [-0.1, -0.05) is 0 Å². The second kappa shape index (κ2) is 7.57. The summed E-state index contributed by atoms with van der Waals surface area (Å²) in [6.45, 7) is 11.0. The fraction of sp³-hybridized carbons (Fsp3) is 1.00. The second-order valence-corrected chi connectivity index (χ2v) is 5.94. The van der Waals surface area contributed by atoms with Crippen LogP contribution < -0.4 is 0 Å². The molecule has 0 saturated carbocycles. The molecule has 3 nitrogen and oxygen atoms in total. The molecule has 1 aliphatic heterocycles. The summed E-state index contributed by atoms with van der Waals surface area (Å²) in [4.78, 5) is 2.45. The predicted octanol–water partition coefficient (Wildman–Crippen LogP) is 2.52. The first kappa shape index (κ1) is 15.2. The van der Waals surface area contributed by atoms with Gasteiger partial charge in [0.2, 0.25) is 0 Å². The van der Waals surface area contributed by atoms with E-state index >= 15 is 0 Å². The monoisotopic (exact) mass is 263 g/mol. The molecule has 1 aliphatic rings. The van der Waals surface area contributed by atoms with Crippen LogP contribution in [-0.2, 0) is 9.47 Å². The van der Waals surface area contributed by atoms with Crippen molar-refractivity contribution in [1.82, 2.24) is 4.90 Å². The van der Waals surface area contributed by atoms with Crippen LogP contribution in [0.1, 0.15) is 33.6 Å². The number of rotatable bonds is 6. The van der Waals surface area contributed by atoms with Gasteiger partial charge in [-0.05, 0) is 33.6 Å². The third kappa shape index (κ3) is 7.24. The van der Waals surface area contributed by atoms with Crippen molar-refractivity contribution in [3.63, 3.8) is 0 Å². The van der Waals surface area contributed by atoms with E-state index in [1.54, 1.807) is 0 Å². The van der Waals surface area contributed by atoms with Gasteiger partial charge in [-0.25, -0.2) is 0 Å². The Bertz CT molecular complexity index is 198. The second-order valence-electron chi connectivity index (χ2n) is 5.56. The molecule has 1 saturated heterocycles. The zero-order valence-corrected chi connectivity index (χ0v) is 12.1. The van der Waals surface area contributed by atoms with Gasteiger partial charge < -0.3 is 14.4 Å². The van der Waals surface area contributed by atoms with Crippen molar-refractivity contribution in [3.05, 3.63) is 0 Å². The Hall–Kier alpha value is 0.170. The van der Waals surface area contributed by atoms with Crippen LogP contribution in [0.25, 0.3) is 0 Å². The highest BCUT2D eigenvalue weighted by Crippen LogP contribution is 2.14. The summed E-state index contributed by atoms with van der Waals surface area (Å²) < 4.78 is 11.4. The van der Waals surface area contributed by atoms with E-state index in [1.807, 2.05) is 0 Å². The largest absolute Gasteiger partial charge is 0.377 e. The Morgan fingerprint density at radius 3 is 2.35 bits per heavy atom. The van der Waals surface area contributed by atoms with E-state index in [2.05, 4.69) is 25.7 Å². The van der Waals surface area contributed by atoms with Crippen molar-refractivity contribution in [2.45, 2.75) is 45.3 Å². The maximum absolute atomic E-state index is 5.73. The van der Waals surface area contributed by atoms with E-state index in [0.29, 0.717) is 18.6 Å². The van der Waals surface area contributed by atoms with Crippen LogP contribution in [0, 0.1) is 0 Å². The van der Waals surface area contributed by atoms with Gasteiger partial charge in [0.1, 0.15) is 0 Å². The number of likely N-dealkylation sites (tertiary alicyclic amines) is 1. The number of nitrogens with zero attached hydrogens (tertiary/aromatic N) is 1. The average molecular weight is 264 g/mol. The van der Waals surface area contributed by atoms with E-state index < -0.39 is 0 Å². The molecule has 0 amide bonds. The van der Waals surface area contributed by atoms with Crippen molar-refractivity contribution >= 4 is 11.6 Å². The maximum atomic E-state index is 5.73. The number of hydrogen-bond acceptors (Lipinski definition) is 3. The van der Waals surface area contributed by atoms with Crippen molar-refractivity contribution in [2.75, 3.05) is 38.7 Å². The molecule has 0 N–H and O–H groups in total. The van der Waals surface area contributed by atoms with Gasteiger partial charge in [-0.3, -0.25) is 0 Å². The highest BCUT2D eigenvalue weighted by Gasteiger charge is 2.19. The molecule has 0 aliphatic carbocycles. The number of alkyl halides is 1. The van der Waals surface area contributed by atoms with Crippen LogP contribution in [0.15, 0.2) is 0 Å². The fourth-order valence-corrected chi connectivity index (χ4v) is 2.08. The minimum absolute atomic E-state index is 0.0260. The van der Waals surface area contributed by atoms with Crippen molar-refractivity contribution in [3.8, 4) is 0 Å². The summed E-state index contributed by atoms with van der Waals surface area (Å²) in [5.74, 6) is 0.597. The molecule has 0 radical (unpaired) electrons. The molecule has 0 aromatic heterocycles. The molecule has 0 aromatic carbocycles. The zero-order chi connectivity index (χ0) is 12.7. The lowest BCUT2D eigenvalue weighted by molar-refractivity contribution is -0.0269. The molecule has 1 heterocycles.